The minimum Gasteiger partial charge on any atom is -0.444 e. The topological polar surface area (TPSA) is 87.7 Å². The molecule has 0 saturated heterocycles. The number of aryl methyl sites for hydroxylation is 1. The molecule has 0 heterocycles. The third-order valence-electron chi connectivity index (χ3n) is 5.70. The maximum Gasteiger partial charge on any atom is 0.408 e. The van der Waals surface area contributed by atoms with Crippen LogP contribution < -0.4 is 10.6 Å². The van der Waals surface area contributed by atoms with Crippen LogP contribution in [-0.4, -0.2) is 34.5 Å². The van der Waals surface area contributed by atoms with Gasteiger partial charge in [0.05, 0.1) is 0 Å². The summed E-state index contributed by atoms with van der Waals surface area (Å²) in [5.41, 5.74) is 1.67. The smallest absolute Gasteiger partial charge is 0.408 e. The highest BCUT2D eigenvalue weighted by Gasteiger charge is 2.37. The van der Waals surface area contributed by atoms with Gasteiger partial charge in [0.15, 0.2) is 0 Å². The molecule has 0 fully saturated rings. The first-order chi connectivity index (χ1) is 17.0. The number of amides is 3. The molecule has 0 saturated carbocycles. The van der Waals surface area contributed by atoms with Gasteiger partial charge in [0.25, 0.3) is 5.91 Å². The van der Waals surface area contributed by atoms with Crippen LogP contribution in [0, 0.1) is 25.3 Å². The van der Waals surface area contributed by atoms with Gasteiger partial charge in [-0.2, -0.15) is 0 Å². The number of hydrogen-bond donors (Lipinski definition) is 2. The lowest BCUT2D eigenvalue weighted by Crippen LogP contribution is -2.53. The van der Waals surface area contributed by atoms with E-state index in [-0.39, 0.29) is 12.5 Å². The summed E-state index contributed by atoms with van der Waals surface area (Å²) >= 11 is 0. The molecule has 3 amide bonds. The van der Waals surface area contributed by atoms with Crippen molar-refractivity contribution < 1.29 is 19.1 Å². The monoisotopic (exact) mass is 491 g/mol. The van der Waals surface area contributed by atoms with Crippen LogP contribution >= 0.6 is 0 Å². The normalized spacial score (nSPS) is 13.5. The molecule has 3 unspecified atom stereocenters. The summed E-state index contributed by atoms with van der Waals surface area (Å²) in [4.78, 5) is 40.9. The van der Waals surface area contributed by atoms with Crippen LogP contribution in [0.2, 0.25) is 0 Å². The Balaban J connectivity index is 2.40. The van der Waals surface area contributed by atoms with Crippen molar-refractivity contribution in [1.29, 1.82) is 0 Å². The second-order valence-electron chi connectivity index (χ2n) is 9.87. The Kier molecular flexibility index (Phi) is 10.1. The summed E-state index contributed by atoms with van der Waals surface area (Å²) in [6.07, 6.45) is 5.71. The van der Waals surface area contributed by atoms with E-state index in [1.165, 1.54) is 0 Å². The molecule has 7 nitrogen and oxygen atoms in total. The molecule has 0 aliphatic rings. The third kappa shape index (κ3) is 8.16. The number of rotatable bonds is 9. The summed E-state index contributed by atoms with van der Waals surface area (Å²) < 4.78 is 5.37. The van der Waals surface area contributed by atoms with Crippen LogP contribution in [0.5, 0.6) is 0 Å². The molecule has 2 aromatic rings. The minimum absolute atomic E-state index is 0.258. The lowest BCUT2D eigenvalue weighted by atomic mass is 9.95. The quantitative estimate of drug-likeness (QED) is 0.393. The van der Waals surface area contributed by atoms with E-state index in [0.717, 1.165) is 16.0 Å². The van der Waals surface area contributed by atoms with Gasteiger partial charge in [-0.15, -0.1) is 0 Å². The third-order valence-corrected chi connectivity index (χ3v) is 5.70. The minimum atomic E-state index is -1.09. The first-order valence-corrected chi connectivity index (χ1v) is 12.1. The molecule has 3 atom stereocenters. The van der Waals surface area contributed by atoms with Crippen LogP contribution in [0.1, 0.15) is 63.8 Å². The van der Waals surface area contributed by atoms with Crippen LogP contribution in [0.25, 0.3) is 0 Å². The average Bonchev–Trinajstić information content (AvgIpc) is 2.83. The van der Waals surface area contributed by atoms with E-state index in [4.69, 9.17) is 11.2 Å². The van der Waals surface area contributed by atoms with Gasteiger partial charge >= 0.3 is 6.09 Å². The number of alkyl carbamates (subject to hydrolysis) is 1. The molecule has 0 aromatic heterocycles. The Bertz CT molecular complexity index is 1090. The molecular weight excluding hydrogens is 454 g/mol. The van der Waals surface area contributed by atoms with E-state index < -0.39 is 35.6 Å². The van der Waals surface area contributed by atoms with Gasteiger partial charge < -0.3 is 15.4 Å². The molecule has 0 aliphatic heterocycles. The van der Waals surface area contributed by atoms with Gasteiger partial charge in [-0.05, 0) is 44.7 Å². The number of terminal acetylenes is 1. The van der Waals surface area contributed by atoms with Crippen molar-refractivity contribution in [2.75, 3.05) is 0 Å². The van der Waals surface area contributed by atoms with Crippen LogP contribution in [0.15, 0.2) is 54.6 Å². The first kappa shape index (κ1) is 28.4. The molecule has 0 spiro atoms. The van der Waals surface area contributed by atoms with Gasteiger partial charge in [0, 0.05) is 12.6 Å². The molecule has 0 bridgehead atoms. The predicted molar refractivity (Wildman–Crippen MR) is 141 cm³/mol. The zero-order valence-electron chi connectivity index (χ0n) is 22.0. The second kappa shape index (κ2) is 12.8. The molecule has 2 aromatic carbocycles. The molecule has 7 heteroatoms. The Morgan fingerprint density at radius 2 is 1.75 bits per heavy atom. The summed E-state index contributed by atoms with van der Waals surface area (Å²) in [7, 11) is 0. The predicted octanol–water partition coefficient (Wildman–Crippen LogP) is 4.71. The van der Waals surface area contributed by atoms with E-state index in [2.05, 4.69) is 16.7 Å². The van der Waals surface area contributed by atoms with E-state index in [1.807, 2.05) is 69.3 Å². The van der Waals surface area contributed by atoms with Crippen molar-refractivity contribution in [3.8, 4) is 12.5 Å². The van der Waals surface area contributed by atoms with Gasteiger partial charge in [-0.1, -0.05) is 86.9 Å². The molecule has 192 valence electrons. The van der Waals surface area contributed by atoms with Crippen molar-refractivity contribution in [2.24, 2.45) is 5.92 Å². The molecule has 2 rings (SSSR count). The molecule has 0 aliphatic carbocycles. The molecule has 2 N–H and O–H groups in total. The maximum atomic E-state index is 13.8. The van der Waals surface area contributed by atoms with Gasteiger partial charge in [0.2, 0.25) is 5.91 Å². The number of nitrogens with zero attached hydrogens (tertiary/aromatic N) is 1. The fraction of sp³-hybridized carbons (Fsp3) is 0.414. The van der Waals surface area contributed by atoms with Crippen LogP contribution in [0.3, 0.4) is 0 Å². The molecule has 36 heavy (non-hydrogen) atoms. The summed E-state index contributed by atoms with van der Waals surface area (Å²) in [5.74, 6) is -1.23. The number of carbonyl (C=O) groups is 3. The number of benzene rings is 2. The zero-order valence-corrected chi connectivity index (χ0v) is 22.0. The van der Waals surface area contributed by atoms with Crippen molar-refractivity contribution in [1.82, 2.24) is 15.5 Å². The Morgan fingerprint density at radius 3 is 2.31 bits per heavy atom. The molecular formula is C29H37N3O4. The van der Waals surface area contributed by atoms with E-state index in [1.54, 1.807) is 26.8 Å². The lowest BCUT2D eigenvalue weighted by molar-refractivity contribution is -0.139. The van der Waals surface area contributed by atoms with E-state index >= 15 is 0 Å². The van der Waals surface area contributed by atoms with Gasteiger partial charge in [-0.25, -0.2) is 4.79 Å². The number of nitrogens with one attached hydrogen (secondary N) is 2. The van der Waals surface area contributed by atoms with Crippen LogP contribution in [-0.2, 0) is 20.9 Å². The standard InChI is InChI=1S/C29H37N3O4/c1-8-21(4)24(31-28(35)36-29(5,6)7)27(34)32(9-2)25(23-17-13-14-20(3)18-23)26(33)30-19-22-15-11-10-12-16-22/h2,10-18,21,24-25H,8,19H2,1,3-7H3,(H,30,33)(H,31,35). The summed E-state index contributed by atoms with van der Waals surface area (Å²) in [6, 6.07) is 17.1. The highest BCUT2D eigenvalue weighted by Crippen LogP contribution is 2.25. The van der Waals surface area contributed by atoms with Crippen molar-refractivity contribution in [3.63, 3.8) is 0 Å². The maximum absolute atomic E-state index is 13.8. The lowest BCUT2D eigenvalue weighted by Gasteiger charge is -2.32. The zero-order chi connectivity index (χ0) is 26.9. The van der Waals surface area contributed by atoms with Crippen molar-refractivity contribution >= 4 is 17.9 Å². The number of hydrogen-bond acceptors (Lipinski definition) is 4. The largest absolute Gasteiger partial charge is 0.444 e. The Morgan fingerprint density at radius 1 is 1.08 bits per heavy atom. The molecule has 0 radical (unpaired) electrons. The SMILES string of the molecule is C#CN(C(=O)C(NC(=O)OC(C)(C)C)C(C)CC)C(C(=O)NCc1ccccc1)c1cccc(C)c1. The second-order valence-corrected chi connectivity index (χ2v) is 9.87. The Labute approximate surface area is 214 Å². The fourth-order valence-electron chi connectivity index (χ4n) is 3.67. The average molecular weight is 492 g/mol. The highest BCUT2D eigenvalue weighted by atomic mass is 16.6. The summed E-state index contributed by atoms with van der Waals surface area (Å²) in [6.45, 7) is 11.1. The van der Waals surface area contributed by atoms with E-state index in [9.17, 15) is 14.4 Å². The highest BCUT2D eigenvalue weighted by molar-refractivity contribution is 5.93. The number of ether oxygens (including phenoxy) is 1. The number of carbonyl (C=O) groups excluding carboxylic acids is 3. The van der Waals surface area contributed by atoms with Gasteiger partial charge in [-0.3, -0.25) is 14.5 Å². The Hall–Kier alpha value is -3.79. The summed E-state index contributed by atoms with van der Waals surface area (Å²) in [5, 5.41) is 5.57. The fourth-order valence-corrected chi connectivity index (χ4v) is 3.67. The van der Waals surface area contributed by atoms with Crippen molar-refractivity contribution in [2.45, 2.75) is 72.2 Å². The van der Waals surface area contributed by atoms with Gasteiger partial charge in [0.1, 0.15) is 17.7 Å². The van der Waals surface area contributed by atoms with E-state index in [0.29, 0.717) is 12.0 Å². The van der Waals surface area contributed by atoms with Crippen molar-refractivity contribution in [3.05, 3.63) is 71.3 Å². The first-order valence-electron chi connectivity index (χ1n) is 12.1. The van der Waals surface area contributed by atoms with Crippen LogP contribution in [0.4, 0.5) is 4.79 Å².